The van der Waals surface area contributed by atoms with Crippen LogP contribution in [-0.4, -0.2) is 0 Å². The molecule has 0 heterocycles. The van der Waals surface area contributed by atoms with Gasteiger partial charge in [0.2, 0.25) is 0 Å². The normalized spacial score (nSPS) is 18.6. The number of hydrogen-bond donors (Lipinski definition) is 1. The fourth-order valence-electron chi connectivity index (χ4n) is 3.47. The van der Waals surface area contributed by atoms with Gasteiger partial charge in [0.05, 0.1) is 0 Å². The van der Waals surface area contributed by atoms with Gasteiger partial charge in [-0.1, -0.05) is 51.5 Å². The maximum absolute atomic E-state index is 3.55. The summed E-state index contributed by atoms with van der Waals surface area (Å²) in [7, 11) is 0. The van der Waals surface area contributed by atoms with Crippen LogP contribution in [0.15, 0.2) is 42.5 Å². The smallest absolute Gasteiger partial charge is 0.0387 e. The number of benzene rings is 2. The molecule has 0 saturated carbocycles. The quantitative estimate of drug-likeness (QED) is 0.706. The molecule has 116 valence electrons. The maximum atomic E-state index is 3.55. The molecule has 0 amide bonds. The van der Waals surface area contributed by atoms with Crippen LogP contribution in [0.3, 0.4) is 0 Å². The Morgan fingerprint density at radius 3 is 1.91 bits per heavy atom. The van der Waals surface area contributed by atoms with E-state index >= 15 is 0 Å². The molecule has 0 saturated heterocycles. The highest BCUT2D eigenvalue weighted by Gasteiger charge is 2.36. The third kappa shape index (κ3) is 2.77. The molecule has 0 bridgehead atoms. The Bertz CT molecular complexity index is 678. The lowest BCUT2D eigenvalue weighted by atomic mass is 9.63. The molecule has 1 N–H and O–H groups in total. The van der Waals surface area contributed by atoms with Crippen molar-refractivity contribution in [1.82, 2.24) is 0 Å². The van der Waals surface area contributed by atoms with E-state index in [4.69, 9.17) is 0 Å². The Balaban J connectivity index is 1.97. The van der Waals surface area contributed by atoms with E-state index in [0.717, 1.165) is 5.69 Å². The molecule has 1 nitrogen and oxygen atoms in total. The van der Waals surface area contributed by atoms with Gasteiger partial charge in [0, 0.05) is 11.4 Å². The molecule has 22 heavy (non-hydrogen) atoms. The third-order valence-corrected chi connectivity index (χ3v) is 5.19. The molecule has 1 aliphatic carbocycles. The first-order valence-corrected chi connectivity index (χ1v) is 8.27. The predicted molar refractivity (Wildman–Crippen MR) is 96.2 cm³/mol. The summed E-state index contributed by atoms with van der Waals surface area (Å²) in [5.41, 5.74) is 7.19. The summed E-state index contributed by atoms with van der Waals surface area (Å²) in [6, 6.07) is 15.5. The molecule has 1 heteroatoms. The van der Waals surface area contributed by atoms with Gasteiger partial charge in [0.25, 0.3) is 0 Å². The van der Waals surface area contributed by atoms with Crippen LogP contribution in [-0.2, 0) is 10.8 Å². The van der Waals surface area contributed by atoms with Crippen molar-refractivity contribution in [2.24, 2.45) is 0 Å². The highest BCUT2D eigenvalue weighted by atomic mass is 14.9. The number of rotatable bonds is 2. The van der Waals surface area contributed by atoms with Crippen molar-refractivity contribution in [3.8, 4) is 0 Å². The minimum absolute atomic E-state index is 0.260. The summed E-state index contributed by atoms with van der Waals surface area (Å²) >= 11 is 0. The topological polar surface area (TPSA) is 12.0 Å². The van der Waals surface area contributed by atoms with E-state index in [9.17, 15) is 0 Å². The van der Waals surface area contributed by atoms with Gasteiger partial charge in [-0.2, -0.15) is 0 Å². The lowest BCUT2D eigenvalue weighted by Crippen LogP contribution is -2.33. The molecule has 3 rings (SSSR count). The minimum Gasteiger partial charge on any atom is -0.356 e. The molecule has 0 aliphatic heterocycles. The van der Waals surface area contributed by atoms with E-state index in [1.165, 1.54) is 35.2 Å². The molecule has 2 aromatic carbocycles. The SMILES string of the molecule is Cc1ccc(Nc2ccc3c(c2)C(C)(C)CCC3(C)C)cc1. The first-order chi connectivity index (χ1) is 10.3. The Labute approximate surface area is 134 Å². The minimum atomic E-state index is 0.260. The first kappa shape index (κ1) is 15.1. The Hall–Kier alpha value is -1.76. The molecule has 0 atom stereocenters. The van der Waals surface area contributed by atoms with E-state index in [-0.39, 0.29) is 10.8 Å². The number of nitrogens with one attached hydrogen (secondary N) is 1. The Morgan fingerprint density at radius 2 is 1.27 bits per heavy atom. The average Bonchev–Trinajstić information content (AvgIpc) is 2.47. The van der Waals surface area contributed by atoms with Gasteiger partial charge in [-0.05, 0) is 66.0 Å². The fourth-order valence-corrected chi connectivity index (χ4v) is 3.47. The van der Waals surface area contributed by atoms with Gasteiger partial charge in [-0.3, -0.25) is 0 Å². The van der Waals surface area contributed by atoms with Crippen molar-refractivity contribution < 1.29 is 0 Å². The van der Waals surface area contributed by atoms with E-state index in [1.54, 1.807) is 0 Å². The van der Waals surface area contributed by atoms with Crippen LogP contribution in [0.1, 0.15) is 57.2 Å². The lowest BCUT2D eigenvalue weighted by molar-refractivity contribution is 0.332. The summed E-state index contributed by atoms with van der Waals surface area (Å²) in [6.45, 7) is 11.6. The van der Waals surface area contributed by atoms with Crippen LogP contribution in [0.2, 0.25) is 0 Å². The Kier molecular flexibility index (Phi) is 3.55. The zero-order valence-corrected chi connectivity index (χ0v) is 14.5. The van der Waals surface area contributed by atoms with Crippen molar-refractivity contribution in [2.45, 2.75) is 58.3 Å². The van der Waals surface area contributed by atoms with Gasteiger partial charge < -0.3 is 5.32 Å². The van der Waals surface area contributed by atoms with Crippen LogP contribution in [0.25, 0.3) is 0 Å². The summed E-state index contributed by atoms with van der Waals surface area (Å²) in [5.74, 6) is 0. The second kappa shape index (κ2) is 5.15. The molecule has 0 spiro atoms. The second-order valence-corrected chi connectivity index (χ2v) is 8.02. The molecule has 0 unspecified atom stereocenters. The van der Waals surface area contributed by atoms with Gasteiger partial charge in [0.15, 0.2) is 0 Å². The Morgan fingerprint density at radius 1 is 0.727 bits per heavy atom. The third-order valence-electron chi connectivity index (χ3n) is 5.19. The van der Waals surface area contributed by atoms with Crippen LogP contribution in [0, 0.1) is 6.92 Å². The highest BCUT2D eigenvalue weighted by molar-refractivity contribution is 5.63. The van der Waals surface area contributed by atoms with E-state index in [0.29, 0.717) is 0 Å². The first-order valence-electron chi connectivity index (χ1n) is 8.27. The largest absolute Gasteiger partial charge is 0.356 e. The standard InChI is InChI=1S/C21H27N/c1-15-6-8-16(9-7-15)22-17-10-11-18-19(14-17)21(4,5)13-12-20(18,2)3/h6-11,14,22H,12-13H2,1-5H3. The summed E-state index contributed by atoms with van der Waals surface area (Å²) in [5, 5.41) is 3.55. The number of hydrogen-bond acceptors (Lipinski definition) is 1. The zero-order chi connectivity index (χ0) is 16.0. The molecule has 0 aromatic heterocycles. The summed E-state index contributed by atoms with van der Waals surface area (Å²) in [4.78, 5) is 0. The van der Waals surface area contributed by atoms with Crippen molar-refractivity contribution in [2.75, 3.05) is 5.32 Å². The number of aryl methyl sites for hydroxylation is 1. The fraction of sp³-hybridized carbons (Fsp3) is 0.429. The molecule has 2 aromatic rings. The zero-order valence-electron chi connectivity index (χ0n) is 14.5. The maximum Gasteiger partial charge on any atom is 0.0387 e. The summed E-state index contributed by atoms with van der Waals surface area (Å²) in [6.07, 6.45) is 2.51. The van der Waals surface area contributed by atoms with Crippen LogP contribution >= 0.6 is 0 Å². The van der Waals surface area contributed by atoms with Gasteiger partial charge >= 0.3 is 0 Å². The monoisotopic (exact) mass is 293 g/mol. The van der Waals surface area contributed by atoms with Gasteiger partial charge in [-0.25, -0.2) is 0 Å². The molecular formula is C21H27N. The average molecular weight is 293 g/mol. The number of anilines is 2. The molecule has 0 fully saturated rings. The van der Waals surface area contributed by atoms with Crippen molar-refractivity contribution in [3.63, 3.8) is 0 Å². The van der Waals surface area contributed by atoms with E-state index < -0.39 is 0 Å². The van der Waals surface area contributed by atoms with Crippen LogP contribution < -0.4 is 5.32 Å². The second-order valence-electron chi connectivity index (χ2n) is 8.02. The van der Waals surface area contributed by atoms with Crippen molar-refractivity contribution in [3.05, 3.63) is 59.2 Å². The van der Waals surface area contributed by atoms with E-state index in [2.05, 4.69) is 82.4 Å². The number of fused-ring (bicyclic) bond motifs is 1. The molecule has 1 aliphatic rings. The van der Waals surface area contributed by atoms with Crippen molar-refractivity contribution >= 4 is 11.4 Å². The molecular weight excluding hydrogens is 266 g/mol. The van der Waals surface area contributed by atoms with Crippen LogP contribution in [0.4, 0.5) is 11.4 Å². The van der Waals surface area contributed by atoms with Gasteiger partial charge in [-0.15, -0.1) is 0 Å². The molecule has 0 radical (unpaired) electrons. The lowest BCUT2D eigenvalue weighted by Gasteiger charge is -2.42. The highest BCUT2D eigenvalue weighted by Crippen LogP contribution is 2.46. The van der Waals surface area contributed by atoms with Gasteiger partial charge in [0.1, 0.15) is 0 Å². The van der Waals surface area contributed by atoms with Crippen molar-refractivity contribution in [1.29, 1.82) is 0 Å². The van der Waals surface area contributed by atoms with E-state index in [1.807, 2.05) is 0 Å². The van der Waals surface area contributed by atoms with Crippen LogP contribution in [0.5, 0.6) is 0 Å². The predicted octanol–water partition coefficient (Wildman–Crippen LogP) is 6.09. The summed E-state index contributed by atoms with van der Waals surface area (Å²) < 4.78 is 0.